The number of nitrogens with zero attached hydrogens (tertiary/aromatic N) is 1. The summed E-state index contributed by atoms with van der Waals surface area (Å²) in [7, 11) is 0. The zero-order chi connectivity index (χ0) is 13.9. The number of amides is 2. The summed E-state index contributed by atoms with van der Waals surface area (Å²) >= 11 is 0. The van der Waals surface area contributed by atoms with Crippen LogP contribution in [0, 0.1) is 6.92 Å². The van der Waals surface area contributed by atoms with Gasteiger partial charge in [0.15, 0.2) is 0 Å². The van der Waals surface area contributed by atoms with Crippen LogP contribution in [0.3, 0.4) is 0 Å². The highest BCUT2D eigenvalue weighted by atomic mass is 16.2. The SMILES string of the molecule is Cc1cc2cc(NC(=O)Nc3ccccn3)ccc2[nH]1. The van der Waals surface area contributed by atoms with E-state index in [-0.39, 0.29) is 6.03 Å². The Balaban J connectivity index is 1.74. The molecule has 0 bridgehead atoms. The van der Waals surface area contributed by atoms with Crippen molar-refractivity contribution < 1.29 is 4.79 Å². The molecule has 0 radical (unpaired) electrons. The molecule has 100 valence electrons. The molecule has 1 aromatic carbocycles. The van der Waals surface area contributed by atoms with Gasteiger partial charge in [-0.1, -0.05) is 6.07 Å². The van der Waals surface area contributed by atoms with Crippen LogP contribution in [-0.2, 0) is 0 Å². The van der Waals surface area contributed by atoms with Crippen LogP contribution in [-0.4, -0.2) is 16.0 Å². The monoisotopic (exact) mass is 266 g/mol. The molecule has 20 heavy (non-hydrogen) atoms. The molecule has 3 aromatic rings. The van der Waals surface area contributed by atoms with E-state index < -0.39 is 0 Å². The first-order valence-electron chi connectivity index (χ1n) is 6.29. The Morgan fingerprint density at radius 1 is 1.15 bits per heavy atom. The maximum Gasteiger partial charge on any atom is 0.324 e. The van der Waals surface area contributed by atoms with Gasteiger partial charge in [-0.2, -0.15) is 0 Å². The van der Waals surface area contributed by atoms with Crippen molar-refractivity contribution in [3.63, 3.8) is 0 Å². The molecule has 0 saturated heterocycles. The van der Waals surface area contributed by atoms with Gasteiger partial charge >= 0.3 is 6.03 Å². The largest absolute Gasteiger partial charge is 0.359 e. The number of hydrogen-bond donors (Lipinski definition) is 3. The number of pyridine rings is 1. The first-order valence-corrected chi connectivity index (χ1v) is 6.29. The Hall–Kier alpha value is -2.82. The zero-order valence-electron chi connectivity index (χ0n) is 11.0. The van der Waals surface area contributed by atoms with Crippen LogP contribution in [0.1, 0.15) is 5.69 Å². The molecule has 2 aromatic heterocycles. The lowest BCUT2D eigenvalue weighted by Gasteiger charge is -2.06. The highest BCUT2D eigenvalue weighted by Crippen LogP contribution is 2.19. The fourth-order valence-corrected chi connectivity index (χ4v) is 2.07. The first kappa shape index (κ1) is 12.2. The van der Waals surface area contributed by atoms with Gasteiger partial charge in [-0.05, 0) is 43.3 Å². The van der Waals surface area contributed by atoms with E-state index in [0.29, 0.717) is 5.82 Å². The van der Waals surface area contributed by atoms with Crippen molar-refractivity contribution in [2.24, 2.45) is 0 Å². The summed E-state index contributed by atoms with van der Waals surface area (Å²) in [5, 5.41) is 6.53. The van der Waals surface area contributed by atoms with Crippen molar-refractivity contribution in [2.75, 3.05) is 10.6 Å². The zero-order valence-corrected chi connectivity index (χ0v) is 11.0. The molecule has 0 aliphatic heterocycles. The predicted molar refractivity (Wildman–Crippen MR) is 79.9 cm³/mol. The number of fused-ring (bicyclic) bond motifs is 1. The quantitative estimate of drug-likeness (QED) is 0.664. The van der Waals surface area contributed by atoms with E-state index in [0.717, 1.165) is 22.3 Å². The molecule has 3 rings (SSSR count). The van der Waals surface area contributed by atoms with Crippen LogP contribution in [0.25, 0.3) is 10.9 Å². The molecule has 0 atom stereocenters. The Kier molecular flexibility index (Phi) is 3.09. The number of anilines is 2. The highest BCUT2D eigenvalue weighted by Gasteiger charge is 2.04. The summed E-state index contributed by atoms with van der Waals surface area (Å²) < 4.78 is 0. The van der Waals surface area contributed by atoms with Crippen molar-refractivity contribution in [2.45, 2.75) is 6.92 Å². The normalized spacial score (nSPS) is 10.4. The number of nitrogens with one attached hydrogen (secondary N) is 3. The van der Waals surface area contributed by atoms with Crippen molar-refractivity contribution in [3.05, 3.63) is 54.4 Å². The molecule has 5 nitrogen and oxygen atoms in total. The second kappa shape index (κ2) is 5.05. The van der Waals surface area contributed by atoms with E-state index >= 15 is 0 Å². The number of rotatable bonds is 2. The molecule has 0 fully saturated rings. The van der Waals surface area contributed by atoms with Crippen LogP contribution in [0.2, 0.25) is 0 Å². The van der Waals surface area contributed by atoms with E-state index in [9.17, 15) is 4.79 Å². The summed E-state index contributed by atoms with van der Waals surface area (Å²) in [6.07, 6.45) is 1.63. The molecular weight excluding hydrogens is 252 g/mol. The fourth-order valence-electron chi connectivity index (χ4n) is 2.07. The fraction of sp³-hybridized carbons (Fsp3) is 0.0667. The molecule has 0 saturated carbocycles. The average molecular weight is 266 g/mol. The maximum atomic E-state index is 11.9. The Labute approximate surface area is 116 Å². The number of benzene rings is 1. The number of urea groups is 1. The van der Waals surface area contributed by atoms with E-state index in [1.807, 2.05) is 37.3 Å². The van der Waals surface area contributed by atoms with E-state index in [1.165, 1.54) is 0 Å². The van der Waals surface area contributed by atoms with Crippen LogP contribution >= 0.6 is 0 Å². The van der Waals surface area contributed by atoms with Crippen LogP contribution in [0.15, 0.2) is 48.7 Å². The smallest absolute Gasteiger partial charge is 0.324 e. The number of aromatic nitrogens is 2. The second-order valence-corrected chi connectivity index (χ2v) is 4.55. The van der Waals surface area contributed by atoms with Crippen molar-refractivity contribution in [1.82, 2.24) is 9.97 Å². The molecule has 5 heteroatoms. The maximum absolute atomic E-state index is 11.9. The van der Waals surface area contributed by atoms with Crippen molar-refractivity contribution >= 4 is 28.4 Å². The number of aromatic amines is 1. The lowest BCUT2D eigenvalue weighted by atomic mass is 10.2. The number of hydrogen-bond acceptors (Lipinski definition) is 2. The van der Waals surface area contributed by atoms with Crippen LogP contribution < -0.4 is 10.6 Å². The van der Waals surface area contributed by atoms with Crippen LogP contribution in [0.4, 0.5) is 16.3 Å². The molecule has 0 aliphatic rings. The van der Waals surface area contributed by atoms with Crippen LogP contribution in [0.5, 0.6) is 0 Å². The summed E-state index contributed by atoms with van der Waals surface area (Å²) in [5.74, 6) is 0.517. The molecule has 2 amide bonds. The topological polar surface area (TPSA) is 69.8 Å². The van der Waals surface area contributed by atoms with E-state index in [1.54, 1.807) is 18.3 Å². The number of H-pyrrole nitrogens is 1. The van der Waals surface area contributed by atoms with Crippen molar-refractivity contribution in [3.8, 4) is 0 Å². The highest BCUT2D eigenvalue weighted by molar-refractivity contribution is 6.00. The minimum absolute atomic E-state index is 0.310. The summed E-state index contributed by atoms with van der Waals surface area (Å²) in [6, 6.07) is 12.8. The standard InChI is InChI=1S/C15H14N4O/c1-10-8-11-9-12(5-6-13(11)17-10)18-15(20)19-14-4-2-3-7-16-14/h2-9,17H,1H3,(H2,16,18,19,20). The van der Waals surface area contributed by atoms with Gasteiger partial charge in [0.2, 0.25) is 0 Å². The Morgan fingerprint density at radius 2 is 2.05 bits per heavy atom. The lowest BCUT2D eigenvalue weighted by Crippen LogP contribution is -2.19. The van der Waals surface area contributed by atoms with E-state index in [2.05, 4.69) is 20.6 Å². The molecular formula is C15H14N4O. The van der Waals surface area contributed by atoms with Gasteiger partial charge < -0.3 is 10.3 Å². The van der Waals surface area contributed by atoms with Gasteiger partial charge in [0, 0.05) is 28.5 Å². The molecule has 2 heterocycles. The predicted octanol–water partition coefficient (Wildman–Crippen LogP) is 3.52. The first-order chi connectivity index (χ1) is 9.70. The minimum atomic E-state index is -0.310. The van der Waals surface area contributed by atoms with Gasteiger partial charge in [0.25, 0.3) is 0 Å². The average Bonchev–Trinajstić information content (AvgIpc) is 2.79. The third kappa shape index (κ3) is 2.61. The second-order valence-electron chi connectivity index (χ2n) is 4.55. The Bertz CT molecular complexity index is 749. The molecule has 3 N–H and O–H groups in total. The van der Waals surface area contributed by atoms with Crippen molar-refractivity contribution in [1.29, 1.82) is 0 Å². The van der Waals surface area contributed by atoms with Gasteiger partial charge in [0.05, 0.1) is 0 Å². The lowest BCUT2D eigenvalue weighted by molar-refractivity contribution is 0.262. The van der Waals surface area contributed by atoms with E-state index in [4.69, 9.17) is 0 Å². The molecule has 0 spiro atoms. The number of carbonyl (C=O) groups excluding carboxylic acids is 1. The number of aryl methyl sites for hydroxylation is 1. The molecule has 0 unspecified atom stereocenters. The minimum Gasteiger partial charge on any atom is -0.359 e. The molecule has 0 aliphatic carbocycles. The third-order valence-corrected chi connectivity index (χ3v) is 2.92. The Morgan fingerprint density at radius 3 is 2.85 bits per heavy atom. The third-order valence-electron chi connectivity index (χ3n) is 2.92. The van der Waals surface area contributed by atoms with Gasteiger partial charge in [-0.25, -0.2) is 9.78 Å². The van der Waals surface area contributed by atoms with Gasteiger partial charge in [-0.3, -0.25) is 5.32 Å². The summed E-state index contributed by atoms with van der Waals surface area (Å²) in [6.45, 7) is 2.00. The van der Waals surface area contributed by atoms with Gasteiger partial charge in [0.1, 0.15) is 5.82 Å². The summed E-state index contributed by atoms with van der Waals surface area (Å²) in [5.41, 5.74) is 2.89. The number of carbonyl (C=O) groups is 1. The summed E-state index contributed by atoms with van der Waals surface area (Å²) in [4.78, 5) is 19.1. The van der Waals surface area contributed by atoms with Gasteiger partial charge in [-0.15, -0.1) is 0 Å².